The average Bonchev–Trinajstić information content (AvgIpc) is 2.91. The lowest BCUT2D eigenvalue weighted by Gasteiger charge is -2.15. The highest BCUT2D eigenvalue weighted by molar-refractivity contribution is 6.00. The summed E-state index contributed by atoms with van der Waals surface area (Å²) < 4.78 is 43.4. The molecule has 1 heterocycles. The minimum absolute atomic E-state index is 0.219. The molecule has 0 bridgehead atoms. The van der Waals surface area contributed by atoms with E-state index < -0.39 is 29.4 Å². The first-order valence-corrected chi connectivity index (χ1v) is 6.10. The molecule has 4 nitrogen and oxygen atoms in total. The van der Waals surface area contributed by atoms with Crippen molar-refractivity contribution in [3.63, 3.8) is 0 Å². The molecule has 2 rings (SSSR count). The number of anilines is 1. The second-order valence-corrected chi connectivity index (χ2v) is 4.48. The van der Waals surface area contributed by atoms with Crippen molar-refractivity contribution in [2.75, 3.05) is 5.73 Å². The highest BCUT2D eigenvalue weighted by atomic mass is 19.4. The van der Waals surface area contributed by atoms with Crippen molar-refractivity contribution in [2.45, 2.75) is 19.1 Å². The van der Waals surface area contributed by atoms with Gasteiger partial charge in [0.1, 0.15) is 5.76 Å². The van der Waals surface area contributed by atoms with E-state index in [-0.39, 0.29) is 5.56 Å². The average molecular weight is 298 g/mol. The minimum Gasteiger partial charge on any atom is -0.467 e. The lowest BCUT2D eigenvalue weighted by Crippen LogP contribution is -2.27. The summed E-state index contributed by atoms with van der Waals surface area (Å²) in [6, 6.07) is 6.04. The van der Waals surface area contributed by atoms with Gasteiger partial charge >= 0.3 is 6.18 Å². The van der Waals surface area contributed by atoms with Crippen LogP contribution in [0.1, 0.15) is 34.6 Å². The van der Waals surface area contributed by atoms with Crippen molar-refractivity contribution in [3.8, 4) is 0 Å². The van der Waals surface area contributed by atoms with Gasteiger partial charge in [0, 0.05) is 0 Å². The van der Waals surface area contributed by atoms with Gasteiger partial charge in [0.05, 0.1) is 29.1 Å². The van der Waals surface area contributed by atoms with Crippen LogP contribution in [0.5, 0.6) is 0 Å². The number of hydrogen-bond acceptors (Lipinski definition) is 3. The number of carbonyl (C=O) groups is 1. The van der Waals surface area contributed by atoms with Crippen LogP contribution >= 0.6 is 0 Å². The number of carbonyl (C=O) groups excluding carboxylic acids is 1. The number of rotatable bonds is 3. The molecule has 21 heavy (non-hydrogen) atoms. The zero-order valence-electron chi connectivity index (χ0n) is 11.1. The number of furan rings is 1. The van der Waals surface area contributed by atoms with E-state index in [1.54, 1.807) is 19.1 Å². The third-order valence-electron chi connectivity index (χ3n) is 2.97. The molecule has 1 unspecified atom stereocenters. The summed E-state index contributed by atoms with van der Waals surface area (Å²) in [5.41, 5.74) is 3.63. The number of nitrogen functional groups attached to an aromatic ring is 1. The Morgan fingerprint density at radius 1 is 1.29 bits per heavy atom. The number of halogens is 3. The van der Waals surface area contributed by atoms with E-state index in [1.807, 2.05) is 0 Å². The number of benzene rings is 1. The Bertz CT molecular complexity index is 636. The van der Waals surface area contributed by atoms with Crippen LogP contribution in [-0.2, 0) is 6.18 Å². The van der Waals surface area contributed by atoms with Gasteiger partial charge in [0.2, 0.25) is 0 Å². The van der Waals surface area contributed by atoms with Crippen LogP contribution in [0.4, 0.5) is 18.9 Å². The fourth-order valence-corrected chi connectivity index (χ4v) is 1.89. The second-order valence-electron chi connectivity index (χ2n) is 4.48. The van der Waals surface area contributed by atoms with Gasteiger partial charge < -0.3 is 15.5 Å². The summed E-state index contributed by atoms with van der Waals surface area (Å²) in [6.45, 7) is 1.65. The number of para-hydroxylation sites is 1. The first-order valence-electron chi connectivity index (χ1n) is 6.10. The van der Waals surface area contributed by atoms with Gasteiger partial charge in [-0.1, -0.05) is 6.07 Å². The van der Waals surface area contributed by atoms with E-state index >= 15 is 0 Å². The van der Waals surface area contributed by atoms with Gasteiger partial charge in [-0.05, 0) is 31.2 Å². The maximum atomic E-state index is 12.8. The van der Waals surface area contributed by atoms with Crippen LogP contribution in [0, 0.1) is 0 Å². The van der Waals surface area contributed by atoms with Crippen molar-refractivity contribution in [3.05, 3.63) is 53.5 Å². The van der Waals surface area contributed by atoms with Crippen molar-refractivity contribution >= 4 is 11.6 Å². The summed E-state index contributed by atoms with van der Waals surface area (Å²) in [4.78, 5) is 12.1. The molecule has 0 aliphatic carbocycles. The standard InChI is InChI=1S/C14H13F3N2O2/c1-8(11-6-3-7-21-11)19-13(20)9-4-2-5-10(12(9)18)14(15,16)17/h2-8H,18H2,1H3,(H,19,20). The topological polar surface area (TPSA) is 68.3 Å². The Morgan fingerprint density at radius 3 is 2.57 bits per heavy atom. The zero-order chi connectivity index (χ0) is 15.6. The van der Waals surface area contributed by atoms with Crippen molar-refractivity contribution < 1.29 is 22.4 Å². The number of nitrogens with one attached hydrogen (secondary N) is 1. The normalized spacial score (nSPS) is 13.0. The quantitative estimate of drug-likeness (QED) is 0.854. The monoisotopic (exact) mass is 298 g/mol. The SMILES string of the molecule is CC(NC(=O)c1cccc(C(F)(F)F)c1N)c1ccco1. The molecular weight excluding hydrogens is 285 g/mol. The molecule has 1 aromatic carbocycles. The van der Waals surface area contributed by atoms with Crippen LogP contribution in [-0.4, -0.2) is 5.91 Å². The van der Waals surface area contributed by atoms with Crippen molar-refractivity contribution in [1.82, 2.24) is 5.32 Å². The van der Waals surface area contributed by atoms with E-state index in [2.05, 4.69) is 5.32 Å². The largest absolute Gasteiger partial charge is 0.467 e. The van der Waals surface area contributed by atoms with Crippen LogP contribution in [0.25, 0.3) is 0 Å². The number of amides is 1. The first kappa shape index (κ1) is 15.0. The lowest BCUT2D eigenvalue weighted by molar-refractivity contribution is -0.136. The summed E-state index contributed by atoms with van der Waals surface area (Å²) in [5, 5.41) is 2.54. The maximum absolute atomic E-state index is 12.8. The molecule has 112 valence electrons. The number of nitrogens with two attached hydrogens (primary N) is 1. The van der Waals surface area contributed by atoms with Crippen LogP contribution in [0.3, 0.4) is 0 Å². The van der Waals surface area contributed by atoms with E-state index in [4.69, 9.17) is 10.2 Å². The fourth-order valence-electron chi connectivity index (χ4n) is 1.89. The van der Waals surface area contributed by atoms with Crippen molar-refractivity contribution in [1.29, 1.82) is 0 Å². The van der Waals surface area contributed by atoms with E-state index in [9.17, 15) is 18.0 Å². The van der Waals surface area contributed by atoms with Crippen LogP contribution < -0.4 is 11.1 Å². The highest BCUT2D eigenvalue weighted by Crippen LogP contribution is 2.35. The maximum Gasteiger partial charge on any atom is 0.418 e. The minimum atomic E-state index is -4.60. The van der Waals surface area contributed by atoms with Gasteiger partial charge in [-0.3, -0.25) is 4.79 Å². The molecule has 0 saturated heterocycles. The third kappa shape index (κ3) is 3.18. The van der Waals surface area contributed by atoms with Gasteiger partial charge in [0.25, 0.3) is 5.91 Å². The van der Waals surface area contributed by atoms with Gasteiger partial charge in [0.15, 0.2) is 0 Å². The summed E-state index contributed by atoms with van der Waals surface area (Å²) >= 11 is 0. The lowest BCUT2D eigenvalue weighted by atomic mass is 10.1. The van der Waals surface area contributed by atoms with E-state index in [0.29, 0.717) is 5.76 Å². The summed E-state index contributed by atoms with van der Waals surface area (Å²) in [7, 11) is 0. The molecule has 0 spiro atoms. The molecule has 3 N–H and O–H groups in total. The van der Waals surface area contributed by atoms with E-state index in [0.717, 1.165) is 12.1 Å². The van der Waals surface area contributed by atoms with Gasteiger partial charge in [-0.25, -0.2) is 0 Å². The van der Waals surface area contributed by atoms with Crippen molar-refractivity contribution in [2.24, 2.45) is 0 Å². The molecule has 0 fully saturated rings. The fraction of sp³-hybridized carbons (Fsp3) is 0.214. The van der Waals surface area contributed by atoms with Gasteiger partial charge in [-0.2, -0.15) is 13.2 Å². The molecule has 0 radical (unpaired) electrons. The predicted molar refractivity (Wildman–Crippen MR) is 70.4 cm³/mol. The molecule has 1 aromatic heterocycles. The molecule has 1 atom stereocenters. The number of hydrogen-bond donors (Lipinski definition) is 2. The zero-order valence-corrected chi connectivity index (χ0v) is 11.1. The summed E-state index contributed by atoms with van der Waals surface area (Å²) in [6.07, 6.45) is -3.16. The molecule has 2 aromatic rings. The molecule has 7 heteroatoms. The predicted octanol–water partition coefficient (Wildman–Crippen LogP) is 3.37. The molecule has 1 amide bonds. The van der Waals surface area contributed by atoms with Crippen LogP contribution in [0.15, 0.2) is 41.0 Å². The van der Waals surface area contributed by atoms with Gasteiger partial charge in [-0.15, -0.1) is 0 Å². The highest BCUT2D eigenvalue weighted by Gasteiger charge is 2.34. The Morgan fingerprint density at radius 2 is 2.00 bits per heavy atom. The Hall–Kier alpha value is -2.44. The second kappa shape index (κ2) is 5.51. The smallest absolute Gasteiger partial charge is 0.418 e. The third-order valence-corrected chi connectivity index (χ3v) is 2.97. The van der Waals surface area contributed by atoms with Crippen LogP contribution in [0.2, 0.25) is 0 Å². The Balaban J connectivity index is 2.24. The first-order chi connectivity index (χ1) is 9.80. The summed E-state index contributed by atoms with van der Waals surface area (Å²) in [5.74, 6) is -0.198. The molecule has 0 saturated carbocycles. The molecule has 0 aliphatic heterocycles. The molecular formula is C14H13F3N2O2. The number of alkyl halides is 3. The van der Waals surface area contributed by atoms with E-state index in [1.165, 1.54) is 12.3 Å². The molecule has 0 aliphatic rings. The Labute approximate surface area is 118 Å². The Kier molecular flexibility index (Phi) is 3.93.